The molecule has 1 aromatic rings. The molecule has 1 heterocycles. The Morgan fingerprint density at radius 3 is 2.60 bits per heavy atom. The molecule has 3 heteroatoms. The molecule has 2 rings (SSSR count). The predicted octanol–water partition coefficient (Wildman–Crippen LogP) is 3.56. The summed E-state index contributed by atoms with van der Waals surface area (Å²) in [6.45, 7) is 10.1. The van der Waals surface area contributed by atoms with Gasteiger partial charge in [0, 0.05) is 24.7 Å². The van der Waals surface area contributed by atoms with Gasteiger partial charge >= 0.3 is 0 Å². The molecule has 1 aliphatic carbocycles. The van der Waals surface area contributed by atoms with E-state index >= 15 is 0 Å². The average molecular weight is 277 g/mol. The lowest BCUT2D eigenvalue weighted by Gasteiger charge is -2.38. The molecule has 0 radical (unpaired) electrons. The van der Waals surface area contributed by atoms with E-state index in [0.717, 1.165) is 24.6 Å². The Kier molecular flexibility index (Phi) is 4.90. The normalized spacial score (nSPS) is 21.1. The summed E-state index contributed by atoms with van der Waals surface area (Å²) < 4.78 is 2.16. The summed E-state index contributed by atoms with van der Waals surface area (Å²) in [5.41, 5.74) is 3.08. The van der Waals surface area contributed by atoms with Crippen LogP contribution >= 0.6 is 0 Å². The molecule has 0 saturated heterocycles. The first kappa shape index (κ1) is 15.6. The number of hydrogen-bond acceptors (Lipinski definition) is 2. The van der Waals surface area contributed by atoms with Gasteiger partial charge in [-0.05, 0) is 64.0 Å². The third kappa shape index (κ3) is 3.63. The molecule has 0 spiro atoms. The number of nitrogens with zero attached hydrogens (tertiary/aromatic N) is 2. The second kappa shape index (κ2) is 6.30. The van der Waals surface area contributed by atoms with Crippen molar-refractivity contribution < 1.29 is 0 Å². The minimum atomic E-state index is 0.552. The second-order valence-corrected chi connectivity index (χ2v) is 7.19. The highest BCUT2D eigenvalue weighted by molar-refractivity contribution is 5.11. The van der Waals surface area contributed by atoms with Crippen LogP contribution in [0.5, 0.6) is 0 Å². The molecule has 1 aromatic heterocycles. The van der Waals surface area contributed by atoms with Crippen LogP contribution in [0.2, 0.25) is 0 Å². The maximum Gasteiger partial charge on any atom is 0.0596 e. The van der Waals surface area contributed by atoms with Gasteiger partial charge in [-0.3, -0.25) is 4.68 Å². The highest BCUT2D eigenvalue weighted by Gasteiger charge is 2.31. The third-order valence-corrected chi connectivity index (χ3v) is 5.04. The summed E-state index contributed by atoms with van der Waals surface area (Å²) in [5, 5.41) is 8.14. The molecule has 1 saturated carbocycles. The Bertz CT molecular complexity index is 423. The first-order valence-corrected chi connectivity index (χ1v) is 8.16. The molecule has 0 bridgehead atoms. The molecule has 0 aliphatic heterocycles. The SMILES string of the molecule is CCn1nc(C)cc1CC(NC)C1CCC(C)(C)CC1. The molecule has 1 N–H and O–H groups in total. The first-order chi connectivity index (χ1) is 9.45. The number of likely N-dealkylation sites (N-methyl/N-ethyl adjacent to an activating group) is 1. The fourth-order valence-corrected chi connectivity index (χ4v) is 3.59. The zero-order valence-electron chi connectivity index (χ0n) is 13.9. The number of nitrogens with one attached hydrogen (secondary N) is 1. The van der Waals surface area contributed by atoms with E-state index in [-0.39, 0.29) is 0 Å². The molecule has 0 amide bonds. The van der Waals surface area contributed by atoms with Gasteiger partial charge in [0.25, 0.3) is 0 Å². The maximum atomic E-state index is 4.57. The molecule has 1 atom stereocenters. The van der Waals surface area contributed by atoms with E-state index in [1.807, 2.05) is 0 Å². The molecular formula is C17H31N3. The van der Waals surface area contributed by atoms with Gasteiger partial charge in [0.05, 0.1) is 5.69 Å². The molecule has 1 fully saturated rings. The Morgan fingerprint density at radius 2 is 2.05 bits per heavy atom. The fourth-order valence-electron chi connectivity index (χ4n) is 3.59. The van der Waals surface area contributed by atoms with Crippen LogP contribution in [-0.4, -0.2) is 22.9 Å². The highest BCUT2D eigenvalue weighted by Crippen LogP contribution is 2.39. The molecule has 114 valence electrons. The van der Waals surface area contributed by atoms with Crippen LogP contribution in [0, 0.1) is 18.3 Å². The fraction of sp³-hybridized carbons (Fsp3) is 0.824. The summed E-state index contributed by atoms with van der Waals surface area (Å²) in [6, 6.07) is 2.84. The maximum absolute atomic E-state index is 4.57. The largest absolute Gasteiger partial charge is 0.316 e. The zero-order valence-corrected chi connectivity index (χ0v) is 13.9. The van der Waals surface area contributed by atoms with Crippen LogP contribution in [0.15, 0.2) is 6.07 Å². The lowest BCUT2D eigenvalue weighted by molar-refractivity contribution is 0.163. The predicted molar refractivity (Wildman–Crippen MR) is 84.9 cm³/mol. The van der Waals surface area contributed by atoms with E-state index in [4.69, 9.17) is 0 Å². The smallest absolute Gasteiger partial charge is 0.0596 e. The number of aryl methyl sites for hydroxylation is 2. The van der Waals surface area contributed by atoms with Crippen LogP contribution in [0.3, 0.4) is 0 Å². The van der Waals surface area contributed by atoms with E-state index in [1.54, 1.807) is 0 Å². The van der Waals surface area contributed by atoms with Crippen molar-refractivity contribution in [1.82, 2.24) is 15.1 Å². The number of hydrogen-bond donors (Lipinski definition) is 1. The van der Waals surface area contributed by atoms with E-state index in [1.165, 1.54) is 31.4 Å². The first-order valence-electron chi connectivity index (χ1n) is 8.16. The van der Waals surface area contributed by atoms with Gasteiger partial charge in [-0.2, -0.15) is 5.10 Å². The molecule has 20 heavy (non-hydrogen) atoms. The zero-order chi connectivity index (χ0) is 14.8. The molecule has 1 aliphatic rings. The van der Waals surface area contributed by atoms with E-state index < -0.39 is 0 Å². The van der Waals surface area contributed by atoms with E-state index in [9.17, 15) is 0 Å². The Balaban J connectivity index is 2.02. The van der Waals surface area contributed by atoms with Crippen LogP contribution in [0.1, 0.15) is 57.8 Å². The van der Waals surface area contributed by atoms with Gasteiger partial charge in [-0.1, -0.05) is 13.8 Å². The van der Waals surface area contributed by atoms with Crippen molar-refractivity contribution >= 4 is 0 Å². The second-order valence-electron chi connectivity index (χ2n) is 7.19. The van der Waals surface area contributed by atoms with Crippen molar-refractivity contribution in [3.63, 3.8) is 0 Å². The van der Waals surface area contributed by atoms with Gasteiger partial charge in [0.15, 0.2) is 0 Å². The monoisotopic (exact) mass is 277 g/mol. The van der Waals surface area contributed by atoms with Crippen molar-refractivity contribution in [1.29, 1.82) is 0 Å². The van der Waals surface area contributed by atoms with Crippen molar-refractivity contribution in [3.05, 3.63) is 17.5 Å². The lowest BCUT2D eigenvalue weighted by Crippen LogP contribution is -2.39. The minimum absolute atomic E-state index is 0.552. The quantitative estimate of drug-likeness (QED) is 0.892. The van der Waals surface area contributed by atoms with Gasteiger partial charge < -0.3 is 5.32 Å². The van der Waals surface area contributed by atoms with E-state index in [0.29, 0.717) is 11.5 Å². The van der Waals surface area contributed by atoms with Crippen molar-refractivity contribution in [2.75, 3.05) is 7.05 Å². The van der Waals surface area contributed by atoms with Crippen molar-refractivity contribution in [2.24, 2.45) is 11.3 Å². The van der Waals surface area contributed by atoms with Gasteiger partial charge in [-0.25, -0.2) is 0 Å². The van der Waals surface area contributed by atoms with Crippen molar-refractivity contribution in [2.45, 2.75) is 72.4 Å². The van der Waals surface area contributed by atoms with Crippen LogP contribution in [-0.2, 0) is 13.0 Å². The van der Waals surface area contributed by atoms with E-state index in [2.05, 4.69) is 55.9 Å². The average Bonchev–Trinajstić information content (AvgIpc) is 2.76. The summed E-state index contributed by atoms with van der Waals surface area (Å²) in [7, 11) is 2.12. The van der Waals surface area contributed by atoms with Crippen LogP contribution in [0.25, 0.3) is 0 Å². The Hall–Kier alpha value is -0.830. The highest BCUT2D eigenvalue weighted by atomic mass is 15.3. The molecule has 0 aromatic carbocycles. The van der Waals surface area contributed by atoms with Crippen molar-refractivity contribution in [3.8, 4) is 0 Å². The summed E-state index contributed by atoms with van der Waals surface area (Å²) in [6.07, 6.45) is 6.55. The van der Waals surface area contributed by atoms with Crippen LogP contribution < -0.4 is 5.32 Å². The minimum Gasteiger partial charge on any atom is -0.316 e. The molecule has 3 nitrogen and oxygen atoms in total. The van der Waals surface area contributed by atoms with Gasteiger partial charge in [-0.15, -0.1) is 0 Å². The van der Waals surface area contributed by atoms with Gasteiger partial charge in [0.1, 0.15) is 0 Å². The summed E-state index contributed by atoms with van der Waals surface area (Å²) >= 11 is 0. The summed E-state index contributed by atoms with van der Waals surface area (Å²) in [4.78, 5) is 0. The molecular weight excluding hydrogens is 246 g/mol. The molecule has 1 unspecified atom stereocenters. The number of aromatic nitrogens is 2. The number of rotatable bonds is 5. The lowest BCUT2D eigenvalue weighted by atomic mass is 9.70. The summed E-state index contributed by atoms with van der Waals surface area (Å²) in [5.74, 6) is 0.813. The third-order valence-electron chi connectivity index (χ3n) is 5.04. The van der Waals surface area contributed by atoms with Crippen LogP contribution in [0.4, 0.5) is 0 Å². The Morgan fingerprint density at radius 1 is 1.40 bits per heavy atom. The Labute approximate surface area is 124 Å². The van der Waals surface area contributed by atoms with Gasteiger partial charge in [0.2, 0.25) is 0 Å². The topological polar surface area (TPSA) is 29.9 Å². The standard InChI is InChI=1S/C17H31N3/c1-6-20-15(11-13(2)19-20)12-16(18-5)14-7-9-17(3,4)10-8-14/h11,14,16,18H,6-10,12H2,1-5H3.